The van der Waals surface area contributed by atoms with Crippen molar-refractivity contribution in [3.05, 3.63) is 35.4 Å². The molecule has 2 aliphatic heterocycles. The van der Waals surface area contributed by atoms with Gasteiger partial charge in [-0.2, -0.15) is 0 Å². The molecular formula is C19H26N2O2S. The molecule has 3 rings (SSSR count). The third kappa shape index (κ3) is 3.06. The zero-order valence-corrected chi connectivity index (χ0v) is 15.7. The van der Waals surface area contributed by atoms with Gasteiger partial charge in [-0.3, -0.25) is 9.59 Å². The monoisotopic (exact) mass is 346 g/mol. The number of carbonyl (C=O) groups is 2. The summed E-state index contributed by atoms with van der Waals surface area (Å²) in [6.07, 6.45) is 1.39. The molecule has 1 aromatic carbocycles. The van der Waals surface area contributed by atoms with Crippen LogP contribution in [0, 0.1) is 0 Å². The van der Waals surface area contributed by atoms with Crippen molar-refractivity contribution in [1.82, 2.24) is 10.2 Å². The predicted octanol–water partition coefficient (Wildman–Crippen LogP) is 3.44. The second kappa shape index (κ2) is 6.43. The molecule has 0 aliphatic carbocycles. The molecule has 0 bridgehead atoms. The van der Waals surface area contributed by atoms with Gasteiger partial charge in [-0.1, -0.05) is 38.1 Å². The average Bonchev–Trinajstić information content (AvgIpc) is 3.04. The number of fused-ring (bicyclic) bond motifs is 1. The summed E-state index contributed by atoms with van der Waals surface area (Å²) in [4.78, 5) is 26.5. The Labute approximate surface area is 148 Å². The van der Waals surface area contributed by atoms with E-state index in [4.69, 9.17) is 0 Å². The summed E-state index contributed by atoms with van der Waals surface area (Å²) < 4.78 is 0. The number of thioether (sulfide) groups is 1. The Kier molecular flexibility index (Phi) is 4.65. The van der Waals surface area contributed by atoms with E-state index in [0.29, 0.717) is 18.1 Å². The van der Waals surface area contributed by atoms with Gasteiger partial charge < -0.3 is 10.2 Å². The zero-order chi connectivity index (χ0) is 17.5. The highest BCUT2D eigenvalue weighted by Crippen LogP contribution is 2.47. The molecule has 2 saturated heterocycles. The maximum Gasteiger partial charge on any atom is 0.244 e. The molecule has 0 aromatic heterocycles. The minimum Gasteiger partial charge on any atom is -0.348 e. The van der Waals surface area contributed by atoms with Gasteiger partial charge >= 0.3 is 0 Å². The van der Waals surface area contributed by atoms with Gasteiger partial charge in [-0.15, -0.1) is 11.8 Å². The van der Waals surface area contributed by atoms with Crippen LogP contribution in [0.4, 0.5) is 0 Å². The third-order valence-electron chi connectivity index (χ3n) is 5.21. The first-order chi connectivity index (χ1) is 11.3. The van der Waals surface area contributed by atoms with E-state index in [1.807, 2.05) is 11.8 Å². The second-order valence-electron chi connectivity index (χ2n) is 7.32. The Morgan fingerprint density at radius 2 is 1.88 bits per heavy atom. The highest BCUT2D eigenvalue weighted by Gasteiger charge is 2.52. The first kappa shape index (κ1) is 17.3. The molecule has 0 saturated carbocycles. The first-order valence-corrected chi connectivity index (χ1v) is 9.67. The van der Waals surface area contributed by atoms with Crippen LogP contribution >= 0.6 is 11.8 Å². The maximum absolute atomic E-state index is 12.7. The van der Waals surface area contributed by atoms with Gasteiger partial charge in [0, 0.05) is 12.2 Å². The fourth-order valence-electron chi connectivity index (χ4n) is 3.58. The van der Waals surface area contributed by atoms with Crippen LogP contribution in [0.3, 0.4) is 0 Å². The summed E-state index contributed by atoms with van der Waals surface area (Å²) >= 11 is 1.73. The number of benzene rings is 1. The van der Waals surface area contributed by atoms with Crippen molar-refractivity contribution in [1.29, 1.82) is 0 Å². The molecule has 2 amide bonds. The molecule has 0 spiro atoms. The predicted molar refractivity (Wildman–Crippen MR) is 97.8 cm³/mol. The van der Waals surface area contributed by atoms with Crippen molar-refractivity contribution in [3.63, 3.8) is 0 Å². The highest BCUT2D eigenvalue weighted by atomic mass is 32.2. The molecule has 1 N–H and O–H groups in total. The second-order valence-corrected chi connectivity index (χ2v) is 8.82. The Bertz CT molecular complexity index is 643. The van der Waals surface area contributed by atoms with E-state index < -0.39 is 0 Å². The number of nitrogens with one attached hydrogen (secondary N) is 1. The van der Waals surface area contributed by atoms with E-state index in [-0.39, 0.29) is 28.8 Å². The molecule has 2 fully saturated rings. The lowest BCUT2D eigenvalue weighted by molar-refractivity contribution is -0.138. The molecule has 2 heterocycles. The van der Waals surface area contributed by atoms with Crippen LogP contribution in [0.5, 0.6) is 0 Å². The van der Waals surface area contributed by atoms with Crippen LogP contribution in [-0.2, 0) is 9.59 Å². The SMILES string of the molecule is CC(C)c1ccc([C@H](C)NC(=O)[C@H]2CS[C@@]3(C)CCC(=O)N23)cc1. The van der Waals surface area contributed by atoms with Gasteiger partial charge in [-0.25, -0.2) is 0 Å². The smallest absolute Gasteiger partial charge is 0.244 e. The Morgan fingerprint density at radius 3 is 2.50 bits per heavy atom. The number of hydrogen-bond donors (Lipinski definition) is 1. The van der Waals surface area contributed by atoms with E-state index in [1.165, 1.54) is 5.56 Å². The topological polar surface area (TPSA) is 49.4 Å². The van der Waals surface area contributed by atoms with Crippen molar-refractivity contribution >= 4 is 23.6 Å². The summed E-state index contributed by atoms with van der Waals surface area (Å²) in [7, 11) is 0. The molecule has 0 unspecified atom stereocenters. The minimum absolute atomic E-state index is 0.0399. The average molecular weight is 346 g/mol. The van der Waals surface area contributed by atoms with Gasteiger partial charge in [0.05, 0.1) is 10.9 Å². The number of carbonyl (C=O) groups excluding carboxylic acids is 2. The highest BCUT2D eigenvalue weighted by molar-refractivity contribution is 8.01. The Balaban J connectivity index is 1.67. The van der Waals surface area contributed by atoms with E-state index in [9.17, 15) is 9.59 Å². The number of rotatable bonds is 4. The molecule has 3 atom stereocenters. The van der Waals surface area contributed by atoms with E-state index in [1.54, 1.807) is 11.8 Å². The van der Waals surface area contributed by atoms with Gasteiger partial charge in [0.2, 0.25) is 11.8 Å². The summed E-state index contributed by atoms with van der Waals surface area (Å²) in [5.41, 5.74) is 2.39. The largest absolute Gasteiger partial charge is 0.348 e. The van der Waals surface area contributed by atoms with E-state index in [2.05, 4.69) is 50.4 Å². The Morgan fingerprint density at radius 1 is 1.25 bits per heavy atom. The number of amides is 2. The van der Waals surface area contributed by atoms with Crippen LogP contribution < -0.4 is 5.32 Å². The lowest BCUT2D eigenvalue weighted by Gasteiger charge is -2.30. The third-order valence-corrected chi connectivity index (χ3v) is 6.71. The molecule has 1 aromatic rings. The molecular weight excluding hydrogens is 320 g/mol. The van der Waals surface area contributed by atoms with Crippen molar-refractivity contribution < 1.29 is 9.59 Å². The number of nitrogens with zero attached hydrogens (tertiary/aromatic N) is 1. The maximum atomic E-state index is 12.7. The van der Waals surface area contributed by atoms with E-state index >= 15 is 0 Å². The quantitative estimate of drug-likeness (QED) is 0.908. The normalized spacial score (nSPS) is 27.5. The lowest BCUT2D eigenvalue weighted by Crippen LogP contribution is -2.50. The van der Waals surface area contributed by atoms with Crippen LogP contribution in [0.1, 0.15) is 63.6 Å². The van der Waals surface area contributed by atoms with Gasteiger partial charge in [-0.05, 0) is 37.3 Å². The molecule has 2 aliphatic rings. The number of hydrogen-bond acceptors (Lipinski definition) is 3. The summed E-state index contributed by atoms with van der Waals surface area (Å²) in [5, 5.41) is 3.09. The zero-order valence-electron chi connectivity index (χ0n) is 14.8. The minimum atomic E-state index is -0.340. The summed E-state index contributed by atoms with van der Waals surface area (Å²) in [6, 6.07) is 7.99. The van der Waals surface area contributed by atoms with Crippen LogP contribution in [-0.4, -0.2) is 33.4 Å². The van der Waals surface area contributed by atoms with Crippen LogP contribution in [0.25, 0.3) is 0 Å². The van der Waals surface area contributed by atoms with Gasteiger partial charge in [0.25, 0.3) is 0 Å². The van der Waals surface area contributed by atoms with Crippen molar-refractivity contribution in [2.24, 2.45) is 0 Å². The summed E-state index contributed by atoms with van der Waals surface area (Å²) in [5.74, 6) is 1.25. The molecule has 4 nitrogen and oxygen atoms in total. The van der Waals surface area contributed by atoms with E-state index in [0.717, 1.165) is 12.0 Å². The van der Waals surface area contributed by atoms with Gasteiger partial charge in [0.15, 0.2) is 0 Å². The molecule has 0 radical (unpaired) electrons. The molecule has 24 heavy (non-hydrogen) atoms. The van der Waals surface area contributed by atoms with Crippen molar-refractivity contribution in [3.8, 4) is 0 Å². The summed E-state index contributed by atoms with van der Waals surface area (Å²) in [6.45, 7) is 8.41. The first-order valence-electron chi connectivity index (χ1n) is 8.68. The Hall–Kier alpha value is -1.49. The van der Waals surface area contributed by atoms with Crippen LogP contribution in [0.2, 0.25) is 0 Å². The standard InChI is InChI=1S/C19H26N2O2S/c1-12(2)14-5-7-15(8-6-14)13(3)20-18(23)16-11-24-19(4)10-9-17(22)21(16)19/h5-8,12-13,16H,9-11H2,1-4H3,(H,20,23)/t13-,16+,19-/m0/s1. The van der Waals surface area contributed by atoms with Gasteiger partial charge in [0.1, 0.15) is 6.04 Å². The fraction of sp³-hybridized carbons (Fsp3) is 0.579. The van der Waals surface area contributed by atoms with Crippen molar-refractivity contribution in [2.45, 2.75) is 63.4 Å². The van der Waals surface area contributed by atoms with Crippen LogP contribution in [0.15, 0.2) is 24.3 Å². The molecule has 130 valence electrons. The fourth-order valence-corrected chi connectivity index (χ4v) is 5.01. The lowest BCUT2D eigenvalue weighted by atomic mass is 9.99. The van der Waals surface area contributed by atoms with Crippen molar-refractivity contribution in [2.75, 3.05) is 5.75 Å². The molecule has 5 heteroatoms.